The summed E-state index contributed by atoms with van der Waals surface area (Å²) in [6, 6.07) is 2.27. The number of hydrogen-bond donors (Lipinski definition) is 0. The summed E-state index contributed by atoms with van der Waals surface area (Å²) in [7, 11) is 0. The molecule has 1 fully saturated rings. The highest BCUT2D eigenvalue weighted by molar-refractivity contribution is 14.1. The number of alkyl halides is 3. The lowest BCUT2D eigenvalue weighted by atomic mass is 9.88. The van der Waals surface area contributed by atoms with E-state index in [-0.39, 0.29) is 5.56 Å². The van der Waals surface area contributed by atoms with Gasteiger partial charge in [0.25, 0.3) is 0 Å². The minimum absolute atomic E-state index is 0.0589. The van der Waals surface area contributed by atoms with Gasteiger partial charge in [0.05, 0.1) is 5.92 Å². The standard InChI is InChI=1S/C14H15F4IO/c1-8-2-7-11(13(16)12(8)15)20-14(17,18)9-3-5-10(19)6-4-9/h2,7,9-10H,3-6H2,1H3. The molecule has 1 nitrogen and oxygen atoms in total. The Bertz CT molecular complexity index is 484. The minimum atomic E-state index is -3.47. The molecule has 6 heteroatoms. The highest BCUT2D eigenvalue weighted by Crippen LogP contribution is 2.40. The smallest absolute Gasteiger partial charge is 0.400 e. The van der Waals surface area contributed by atoms with E-state index >= 15 is 0 Å². The van der Waals surface area contributed by atoms with Crippen LogP contribution in [0.15, 0.2) is 12.1 Å². The zero-order valence-corrected chi connectivity index (χ0v) is 13.1. The lowest BCUT2D eigenvalue weighted by Gasteiger charge is -2.31. The maximum Gasteiger partial charge on any atom is 0.400 e. The molecule has 2 rings (SSSR count). The van der Waals surface area contributed by atoms with Crippen molar-refractivity contribution in [3.8, 4) is 5.75 Å². The van der Waals surface area contributed by atoms with E-state index in [1.54, 1.807) is 0 Å². The summed E-state index contributed by atoms with van der Waals surface area (Å²) in [6.45, 7) is 1.36. The molecule has 0 aliphatic heterocycles. The van der Waals surface area contributed by atoms with Crippen molar-refractivity contribution in [2.45, 2.75) is 42.6 Å². The van der Waals surface area contributed by atoms with Crippen molar-refractivity contribution in [1.29, 1.82) is 0 Å². The molecule has 0 bridgehead atoms. The second kappa shape index (κ2) is 6.07. The number of hydrogen-bond acceptors (Lipinski definition) is 1. The zero-order valence-electron chi connectivity index (χ0n) is 10.9. The van der Waals surface area contributed by atoms with Crippen LogP contribution in [0.25, 0.3) is 0 Å². The fourth-order valence-electron chi connectivity index (χ4n) is 2.33. The van der Waals surface area contributed by atoms with E-state index in [9.17, 15) is 17.6 Å². The van der Waals surface area contributed by atoms with Gasteiger partial charge < -0.3 is 4.74 Å². The van der Waals surface area contributed by atoms with E-state index in [0.29, 0.717) is 29.6 Å². The predicted octanol–water partition coefficient (Wildman–Crippen LogP) is 5.24. The van der Waals surface area contributed by atoms with E-state index in [4.69, 9.17) is 0 Å². The molecule has 0 amide bonds. The van der Waals surface area contributed by atoms with Gasteiger partial charge >= 0.3 is 6.11 Å². The van der Waals surface area contributed by atoms with Gasteiger partial charge in [-0.25, -0.2) is 4.39 Å². The van der Waals surface area contributed by atoms with Crippen molar-refractivity contribution in [3.63, 3.8) is 0 Å². The average molecular weight is 402 g/mol. The first-order valence-electron chi connectivity index (χ1n) is 6.46. The Kier molecular flexibility index (Phi) is 4.81. The molecule has 1 aromatic rings. The molecule has 0 atom stereocenters. The molecule has 0 spiro atoms. The van der Waals surface area contributed by atoms with Crippen LogP contribution in [0.2, 0.25) is 0 Å². The minimum Gasteiger partial charge on any atom is -0.429 e. The number of halogens is 5. The summed E-state index contributed by atoms with van der Waals surface area (Å²) < 4.78 is 59.9. The van der Waals surface area contributed by atoms with E-state index in [2.05, 4.69) is 27.3 Å². The largest absolute Gasteiger partial charge is 0.429 e. The summed E-state index contributed by atoms with van der Waals surface area (Å²) in [5.41, 5.74) is 0.0589. The third-order valence-electron chi connectivity index (χ3n) is 3.62. The van der Waals surface area contributed by atoms with Gasteiger partial charge in [0.2, 0.25) is 5.82 Å². The Hall–Kier alpha value is -0.530. The van der Waals surface area contributed by atoms with Crippen LogP contribution in [-0.4, -0.2) is 10.0 Å². The van der Waals surface area contributed by atoms with Gasteiger partial charge in [-0.1, -0.05) is 28.7 Å². The summed E-state index contributed by atoms with van der Waals surface area (Å²) in [5.74, 6) is -4.17. The van der Waals surface area contributed by atoms with Gasteiger partial charge in [-0.05, 0) is 44.2 Å². The molecular formula is C14H15F4IO. The van der Waals surface area contributed by atoms with Gasteiger partial charge in [-0.3, -0.25) is 0 Å². The third kappa shape index (κ3) is 3.38. The van der Waals surface area contributed by atoms with E-state index < -0.39 is 29.4 Å². The molecular weight excluding hydrogens is 387 g/mol. The molecule has 1 aromatic carbocycles. The number of ether oxygens (including phenoxy) is 1. The molecule has 0 unspecified atom stereocenters. The van der Waals surface area contributed by atoms with Crippen LogP contribution in [0.5, 0.6) is 5.75 Å². The Morgan fingerprint density at radius 1 is 1.10 bits per heavy atom. The molecule has 20 heavy (non-hydrogen) atoms. The van der Waals surface area contributed by atoms with E-state index in [1.807, 2.05) is 0 Å². The average Bonchev–Trinajstić information content (AvgIpc) is 2.40. The van der Waals surface area contributed by atoms with Gasteiger partial charge in [-0.15, -0.1) is 0 Å². The van der Waals surface area contributed by atoms with Crippen LogP contribution in [0.1, 0.15) is 31.2 Å². The van der Waals surface area contributed by atoms with Gasteiger partial charge in [0.1, 0.15) is 0 Å². The van der Waals surface area contributed by atoms with Crippen molar-refractivity contribution < 1.29 is 22.3 Å². The molecule has 112 valence electrons. The van der Waals surface area contributed by atoms with E-state index in [0.717, 1.165) is 6.07 Å². The van der Waals surface area contributed by atoms with Gasteiger partial charge in [0.15, 0.2) is 11.6 Å². The molecule has 1 saturated carbocycles. The second-order valence-electron chi connectivity index (χ2n) is 5.12. The predicted molar refractivity (Wildman–Crippen MR) is 76.4 cm³/mol. The van der Waals surface area contributed by atoms with Crippen molar-refractivity contribution in [1.82, 2.24) is 0 Å². The normalized spacial score (nSPS) is 23.7. The van der Waals surface area contributed by atoms with Crippen LogP contribution in [-0.2, 0) is 0 Å². The molecule has 0 heterocycles. The fourth-order valence-corrected chi connectivity index (χ4v) is 3.05. The van der Waals surface area contributed by atoms with Crippen LogP contribution in [0.3, 0.4) is 0 Å². The van der Waals surface area contributed by atoms with Crippen molar-refractivity contribution >= 4 is 22.6 Å². The van der Waals surface area contributed by atoms with Crippen LogP contribution in [0, 0.1) is 24.5 Å². The van der Waals surface area contributed by atoms with Crippen LogP contribution >= 0.6 is 22.6 Å². The molecule has 0 aromatic heterocycles. The quantitative estimate of drug-likeness (QED) is 0.382. The first-order chi connectivity index (χ1) is 9.31. The highest BCUT2D eigenvalue weighted by Gasteiger charge is 2.44. The summed E-state index contributed by atoms with van der Waals surface area (Å²) >= 11 is 2.24. The Balaban J connectivity index is 2.14. The first kappa shape index (κ1) is 15.9. The number of rotatable bonds is 3. The van der Waals surface area contributed by atoms with Crippen molar-refractivity contribution in [2.24, 2.45) is 5.92 Å². The summed E-state index contributed by atoms with van der Waals surface area (Å²) in [4.78, 5) is 0. The molecule has 0 N–H and O–H groups in total. The molecule has 1 aliphatic rings. The maximum atomic E-state index is 14.0. The van der Waals surface area contributed by atoms with Gasteiger partial charge in [-0.2, -0.15) is 13.2 Å². The SMILES string of the molecule is Cc1ccc(OC(F)(F)C2CCC(I)CC2)c(F)c1F. The van der Waals surface area contributed by atoms with Crippen LogP contribution < -0.4 is 4.74 Å². The number of benzene rings is 1. The van der Waals surface area contributed by atoms with Gasteiger partial charge in [0, 0.05) is 3.92 Å². The lowest BCUT2D eigenvalue weighted by Crippen LogP contribution is -2.37. The topological polar surface area (TPSA) is 9.23 Å². The summed E-state index contributed by atoms with van der Waals surface area (Å²) in [5, 5.41) is 0. The summed E-state index contributed by atoms with van der Waals surface area (Å²) in [6.07, 6.45) is -1.43. The number of aryl methyl sites for hydroxylation is 1. The monoisotopic (exact) mass is 402 g/mol. The Morgan fingerprint density at radius 3 is 2.30 bits per heavy atom. The lowest BCUT2D eigenvalue weighted by molar-refractivity contribution is -0.222. The van der Waals surface area contributed by atoms with E-state index in [1.165, 1.54) is 13.0 Å². The van der Waals surface area contributed by atoms with Crippen molar-refractivity contribution in [3.05, 3.63) is 29.3 Å². The van der Waals surface area contributed by atoms with Crippen molar-refractivity contribution in [2.75, 3.05) is 0 Å². The fraction of sp³-hybridized carbons (Fsp3) is 0.571. The third-order valence-corrected chi connectivity index (χ3v) is 4.86. The molecule has 0 radical (unpaired) electrons. The Labute approximate surface area is 128 Å². The maximum absolute atomic E-state index is 14.0. The molecule has 1 aliphatic carbocycles. The highest BCUT2D eigenvalue weighted by atomic mass is 127. The first-order valence-corrected chi connectivity index (χ1v) is 7.71. The Morgan fingerprint density at radius 2 is 1.70 bits per heavy atom. The second-order valence-corrected chi connectivity index (χ2v) is 6.88. The van der Waals surface area contributed by atoms with Crippen LogP contribution in [0.4, 0.5) is 17.6 Å². The zero-order chi connectivity index (χ0) is 14.9. The molecule has 0 saturated heterocycles.